The lowest BCUT2D eigenvalue weighted by Gasteiger charge is -2.13. The molecule has 0 aliphatic heterocycles. The Kier molecular flexibility index (Phi) is 3.99. The molecule has 8 heteroatoms. The number of aromatic nitrogens is 5. The number of anilines is 1. The lowest BCUT2D eigenvalue weighted by Crippen LogP contribution is -2.11. The van der Waals surface area contributed by atoms with Crippen molar-refractivity contribution in [2.75, 3.05) is 5.32 Å². The van der Waals surface area contributed by atoms with Crippen LogP contribution in [0.4, 0.5) is 9.52 Å². The molecule has 6 nitrogen and oxygen atoms in total. The Morgan fingerprint density at radius 2 is 2.12 bits per heavy atom. The number of nitrogens with one attached hydrogen (secondary N) is 1. The van der Waals surface area contributed by atoms with Crippen LogP contribution in [0.2, 0.25) is 0 Å². The molecule has 1 aromatic carbocycles. The van der Waals surface area contributed by atoms with Gasteiger partial charge in [0.1, 0.15) is 5.82 Å². The third-order valence-corrected chi connectivity index (χ3v) is 4.93. The first-order valence-electron chi connectivity index (χ1n) is 8.27. The Labute approximate surface area is 154 Å². The minimum Gasteiger partial charge on any atom is -0.356 e. The molecule has 3 heterocycles. The minimum absolute atomic E-state index is 0.00444. The van der Waals surface area contributed by atoms with Crippen LogP contribution >= 0.6 is 11.3 Å². The molecule has 0 saturated carbocycles. The van der Waals surface area contributed by atoms with Crippen LogP contribution in [0.5, 0.6) is 0 Å². The van der Waals surface area contributed by atoms with E-state index in [1.807, 2.05) is 12.3 Å². The molecule has 0 aliphatic rings. The summed E-state index contributed by atoms with van der Waals surface area (Å²) in [7, 11) is 0. The van der Waals surface area contributed by atoms with Gasteiger partial charge in [-0.05, 0) is 17.7 Å². The number of imidazole rings is 2. The van der Waals surface area contributed by atoms with Gasteiger partial charge in [-0.1, -0.05) is 38.2 Å². The maximum Gasteiger partial charge on any atom is 0.214 e. The highest BCUT2D eigenvalue weighted by Crippen LogP contribution is 2.26. The second-order valence-electron chi connectivity index (χ2n) is 7.12. The first-order valence-corrected chi connectivity index (χ1v) is 9.09. The van der Waals surface area contributed by atoms with Crippen LogP contribution in [0.15, 0.2) is 43.1 Å². The van der Waals surface area contributed by atoms with Crippen molar-refractivity contribution in [2.24, 2.45) is 0 Å². The van der Waals surface area contributed by atoms with Gasteiger partial charge in [-0.3, -0.25) is 0 Å². The molecule has 1 N–H and O–H groups in total. The lowest BCUT2D eigenvalue weighted by atomic mass is 9.93. The summed E-state index contributed by atoms with van der Waals surface area (Å²) in [5, 5.41) is 8.49. The summed E-state index contributed by atoms with van der Waals surface area (Å²) in [5.41, 5.74) is 2.33. The fraction of sp³-hybridized carbons (Fsp3) is 0.278. The molecule has 4 aromatic rings. The van der Waals surface area contributed by atoms with E-state index >= 15 is 0 Å². The predicted octanol–water partition coefficient (Wildman–Crippen LogP) is 4.03. The van der Waals surface area contributed by atoms with Crippen LogP contribution in [-0.2, 0) is 12.0 Å². The maximum absolute atomic E-state index is 14.3. The van der Waals surface area contributed by atoms with Gasteiger partial charge in [0.05, 0.1) is 23.9 Å². The highest BCUT2D eigenvalue weighted by molar-refractivity contribution is 7.20. The molecule has 0 radical (unpaired) electrons. The van der Waals surface area contributed by atoms with Gasteiger partial charge in [0.15, 0.2) is 0 Å². The van der Waals surface area contributed by atoms with Crippen LogP contribution < -0.4 is 5.32 Å². The molecule has 0 saturated heterocycles. The van der Waals surface area contributed by atoms with Crippen molar-refractivity contribution in [2.45, 2.75) is 32.7 Å². The minimum atomic E-state index is -0.286. The Balaban J connectivity index is 1.48. The second-order valence-corrected chi connectivity index (χ2v) is 8.08. The van der Waals surface area contributed by atoms with E-state index in [1.54, 1.807) is 33.9 Å². The summed E-state index contributed by atoms with van der Waals surface area (Å²) >= 11 is 1.48. The summed E-state index contributed by atoms with van der Waals surface area (Å²) < 4.78 is 17.7. The summed E-state index contributed by atoms with van der Waals surface area (Å²) in [5.74, 6) is -0.286. The average Bonchev–Trinajstić information content (AvgIpc) is 3.28. The number of hydrogen-bond donors (Lipinski definition) is 1. The Morgan fingerprint density at radius 1 is 1.27 bits per heavy atom. The van der Waals surface area contributed by atoms with E-state index in [2.05, 4.69) is 41.2 Å². The monoisotopic (exact) mass is 370 g/mol. The zero-order chi connectivity index (χ0) is 18.3. The maximum atomic E-state index is 14.3. The predicted molar refractivity (Wildman–Crippen MR) is 100 cm³/mol. The fourth-order valence-corrected chi connectivity index (χ4v) is 3.36. The van der Waals surface area contributed by atoms with Gasteiger partial charge in [0, 0.05) is 24.4 Å². The number of hydrogen-bond acceptors (Lipinski definition) is 5. The van der Waals surface area contributed by atoms with Crippen LogP contribution in [-0.4, -0.2) is 24.1 Å². The molecule has 0 amide bonds. The first kappa shape index (κ1) is 16.7. The molecule has 134 valence electrons. The largest absolute Gasteiger partial charge is 0.356 e. The van der Waals surface area contributed by atoms with Crippen LogP contribution in [0, 0.1) is 5.82 Å². The van der Waals surface area contributed by atoms with E-state index in [1.165, 1.54) is 17.4 Å². The third kappa shape index (κ3) is 3.20. The van der Waals surface area contributed by atoms with Gasteiger partial charge in [-0.2, -0.15) is 0 Å². The van der Waals surface area contributed by atoms with Crippen LogP contribution in [0.3, 0.4) is 0 Å². The van der Waals surface area contributed by atoms with Gasteiger partial charge in [-0.15, -0.1) is 5.10 Å². The van der Waals surface area contributed by atoms with Gasteiger partial charge < -0.3 is 9.88 Å². The summed E-state index contributed by atoms with van der Waals surface area (Å²) in [6.45, 7) is 6.87. The zero-order valence-corrected chi connectivity index (χ0v) is 15.6. The highest BCUT2D eigenvalue weighted by Gasteiger charge is 2.19. The molecule has 4 rings (SSSR count). The standard InChI is InChI=1S/C18H19FN6S/c1-18(2,3)15-10-25-17(22-15)26-16(23-25)21-9-12-4-5-14(13(19)8-12)24-7-6-20-11-24/h4-8,10-11H,9H2,1-3H3,(H,21,23). The number of fused-ring (bicyclic) bond motifs is 1. The van der Waals surface area contributed by atoms with Crippen molar-refractivity contribution in [3.8, 4) is 5.69 Å². The smallest absolute Gasteiger partial charge is 0.214 e. The SMILES string of the molecule is CC(C)(C)c1cn2nc(NCc3ccc(-n4ccnc4)c(F)c3)sc2n1. The van der Waals surface area contributed by atoms with E-state index in [0.29, 0.717) is 12.2 Å². The van der Waals surface area contributed by atoms with Gasteiger partial charge >= 0.3 is 0 Å². The van der Waals surface area contributed by atoms with E-state index < -0.39 is 0 Å². The molecule has 26 heavy (non-hydrogen) atoms. The van der Waals surface area contributed by atoms with Gasteiger partial charge in [0.2, 0.25) is 10.1 Å². The second kappa shape index (κ2) is 6.21. The molecule has 0 spiro atoms. The lowest BCUT2D eigenvalue weighted by molar-refractivity contribution is 0.572. The molecule has 0 aliphatic carbocycles. The molecule has 3 aromatic heterocycles. The van der Waals surface area contributed by atoms with Crippen molar-refractivity contribution in [3.63, 3.8) is 0 Å². The Hall–Kier alpha value is -2.74. The highest BCUT2D eigenvalue weighted by atomic mass is 32.1. The summed E-state index contributed by atoms with van der Waals surface area (Å²) in [6.07, 6.45) is 6.87. The molecule has 0 bridgehead atoms. The van der Waals surface area contributed by atoms with Crippen molar-refractivity contribution in [3.05, 3.63) is 60.2 Å². The first-order chi connectivity index (χ1) is 12.4. The van der Waals surface area contributed by atoms with Crippen molar-refractivity contribution < 1.29 is 4.39 Å². The number of halogens is 1. The van der Waals surface area contributed by atoms with Crippen molar-refractivity contribution in [1.29, 1.82) is 0 Å². The Bertz CT molecular complexity index is 1010. The molecular formula is C18H19FN6S. The fourth-order valence-electron chi connectivity index (χ4n) is 2.58. The van der Waals surface area contributed by atoms with Crippen molar-refractivity contribution in [1.82, 2.24) is 24.1 Å². The topological polar surface area (TPSA) is 60.0 Å². The Morgan fingerprint density at radius 3 is 2.77 bits per heavy atom. The van der Waals surface area contributed by atoms with E-state index in [-0.39, 0.29) is 11.2 Å². The summed E-state index contributed by atoms with van der Waals surface area (Å²) in [6, 6.07) is 5.17. The number of rotatable bonds is 4. The number of benzene rings is 1. The van der Waals surface area contributed by atoms with E-state index in [0.717, 1.165) is 21.3 Å². The van der Waals surface area contributed by atoms with Gasteiger partial charge in [-0.25, -0.2) is 18.9 Å². The van der Waals surface area contributed by atoms with E-state index in [4.69, 9.17) is 0 Å². The molecule has 0 fully saturated rings. The van der Waals surface area contributed by atoms with Gasteiger partial charge in [0.25, 0.3) is 0 Å². The van der Waals surface area contributed by atoms with Crippen LogP contribution in [0.1, 0.15) is 32.0 Å². The third-order valence-electron chi connectivity index (χ3n) is 4.05. The molecular weight excluding hydrogens is 351 g/mol. The average molecular weight is 370 g/mol. The zero-order valence-electron chi connectivity index (χ0n) is 14.8. The van der Waals surface area contributed by atoms with E-state index in [9.17, 15) is 4.39 Å². The molecule has 0 atom stereocenters. The number of nitrogens with zero attached hydrogens (tertiary/aromatic N) is 5. The molecule has 0 unspecified atom stereocenters. The normalized spacial score (nSPS) is 12.0. The van der Waals surface area contributed by atoms with Crippen LogP contribution in [0.25, 0.3) is 10.6 Å². The summed E-state index contributed by atoms with van der Waals surface area (Å²) in [4.78, 5) is 9.41. The quantitative estimate of drug-likeness (QED) is 0.589. The van der Waals surface area contributed by atoms with Crippen molar-refractivity contribution >= 4 is 21.4 Å².